The first-order chi connectivity index (χ1) is 11.7. The molecule has 0 bridgehead atoms. The standard InChI is InChI=1S/C13H10ClF3N4O3S/c14-8-3-6(13(15,16)17)4-19-11(8)25-2-1-18-5-7-9(22)20-12(24)21-10(7)23/h3-5H,1-2H2,(H3,20,21,22,23,24). The minimum atomic E-state index is -4.52. The molecule has 0 aliphatic heterocycles. The number of nitrogens with one attached hydrogen (secondary N) is 2. The Morgan fingerprint density at radius 2 is 2.08 bits per heavy atom. The highest BCUT2D eigenvalue weighted by atomic mass is 35.5. The molecule has 2 aromatic heterocycles. The number of aromatic amines is 2. The number of hydrogen-bond donors (Lipinski definition) is 3. The molecule has 2 rings (SSSR count). The fourth-order valence-corrected chi connectivity index (χ4v) is 2.69. The van der Waals surface area contributed by atoms with Gasteiger partial charge >= 0.3 is 11.9 Å². The number of nitrogens with zero attached hydrogens (tertiary/aromatic N) is 2. The predicted octanol–water partition coefficient (Wildman–Crippen LogP) is 2.05. The van der Waals surface area contributed by atoms with Gasteiger partial charge in [-0.05, 0) is 6.07 Å². The lowest BCUT2D eigenvalue weighted by molar-refractivity contribution is -0.137. The number of aromatic nitrogens is 3. The first-order valence-corrected chi connectivity index (χ1v) is 7.96. The van der Waals surface area contributed by atoms with Crippen molar-refractivity contribution >= 4 is 29.6 Å². The Labute approximate surface area is 147 Å². The summed E-state index contributed by atoms with van der Waals surface area (Å²) < 4.78 is 37.5. The Morgan fingerprint density at radius 3 is 2.68 bits per heavy atom. The second kappa shape index (κ2) is 7.74. The van der Waals surface area contributed by atoms with Crippen LogP contribution in [-0.2, 0) is 6.18 Å². The molecule has 0 aromatic carbocycles. The van der Waals surface area contributed by atoms with E-state index >= 15 is 0 Å². The maximum Gasteiger partial charge on any atom is 0.417 e. The molecule has 2 heterocycles. The van der Waals surface area contributed by atoms with Gasteiger partial charge in [-0.3, -0.25) is 19.8 Å². The lowest BCUT2D eigenvalue weighted by Crippen LogP contribution is -2.24. The summed E-state index contributed by atoms with van der Waals surface area (Å²) in [6.07, 6.45) is -2.75. The van der Waals surface area contributed by atoms with Crippen molar-refractivity contribution in [3.8, 4) is 5.88 Å². The van der Waals surface area contributed by atoms with Crippen molar-refractivity contribution in [1.82, 2.24) is 15.0 Å². The molecule has 0 spiro atoms. The molecule has 0 aliphatic rings. The number of aromatic hydroxyl groups is 1. The summed E-state index contributed by atoms with van der Waals surface area (Å²) in [6, 6.07) is 0.790. The molecule has 7 nitrogen and oxygen atoms in total. The number of hydrogen-bond acceptors (Lipinski definition) is 6. The second-order valence-corrected chi connectivity index (χ2v) is 6.05. The number of rotatable bonds is 5. The van der Waals surface area contributed by atoms with Gasteiger partial charge in [0.1, 0.15) is 10.6 Å². The van der Waals surface area contributed by atoms with E-state index in [-0.39, 0.29) is 22.2 Å². The van der Waals surface area contributed by atoms with E-state index in [1.165, 1.54) is 0 Å². The van der Waals surface area contributed by atoms with E-state index in [0.29, 0.717) is 11.9 Å². The average Bonchev–Trinajstić information content (AvgIpc) is 2.49. The van der Waals surface area contributed by atoms with Crippen molar-refractivity contribution in [3.63, 3.8) is 0 Å². The Bertz CT molecular complexity index is 911. The molecule has 0 fully saturated rings. The van der Waals surface area contributed by atoms with E-state index in [2.05, 4.69) is 9.98 Å². The van der Waals surface area contributed by atoms with Gasteiger partial charge in [-0.25, -0.2) is 9.78 Å². The van der Waals surface area contributed by atoms with Crippen LogP contribution in [0.4, 0.5) is 13.2 Å². The van der Waals surface area contributed by atoms with Crippen LogP contribution in [0.15, 0.2) is 31.9 Å². The van der Waals surface area contributed by atoms with Crippen LogP contribution in [-0.4, -0.2) is 38.6 Å². The number of halogens is 4. The second-order valence-electron chi connectivity index (χ2n) is 4.56. The fourth-order valence-electron chi connectivity index (χ4n) is 1.64. The van der Waals surface area contributed by atoms with Crippen molar-refractivity contribution in [2.24, 2.45) is 4.99 Å². The van der Waals surface area contributed by atoms with Gasteiger partial charge in [-0.2, -0.15) is 13.2 Å². The molecule has 0 saturated heterocycles. The molecule has 0 saturated carbocycles. The van der Waals surface area contributed by atoms with Gasteiger partial charge in [0.2, 0.25) is 5.88 Å². The smallest absolute Gasteiger partial charge is 0.417 e. The van der Waals surface area contributed by atoms with E-state index in [9.17, 15) is 27.9 Å². The molecule has 0 unspecified atom stereocenters. The van der Waals surface area contributed by atoms with Crippen molar-refractivity contribution in [3.05, 3.63) is 49.3 Å². The largest absolute Gasteiger partial charge is 0.494 e. The van der Waals surface area contributed by atoms with Crippen LogP contribution in [0.3, 0.4) is 0 Å². The van der Waals surface area contributed by atoms with Crippen molar-refractivity contribution in [2.75, 3.05) is 12.3 Å². The third-order valence-electron chi connectivity index (χ3n) is 2.77. The highest BCUT2D eigenvalue weighted by molar-refractivity contribution is 7.99. The molecule has 0 amide bonds. The van der Waals surface area contributed by atoms with Crippen molar-refractivity contribution in [2.45, 2.75) is 11.2 Å². The minimum absolute atomic E-state index is 0.126. The first kappa shape index (κ1) is 19.1. The van der Waals surface area contributed by atoms with Gasteiger partial charge in [0.15, 0.2) is 0 Å². The third-order valence-corrected chi connectivity index (χ3v) is 4.16. The van der Waals surface area contributed by atoms with Crippen LogP contribution in [0, 0.1) is 0 Å². The Kier molecular flexibility index (Phi) is 5.90. The lowest BCUT2D eigenvalue weighted by Gasteiger charge is -2.08. The van der Waals surface area contributed by atoms with Gasteiger partial charge in [-0.1, -0.05) is 11.6 Å². The Balaban J connectivity index is 1.96. The summed E-state index contributed by atoms with van der Waals surface area (Å²) in [4.78, 5) is 33.8. The summed E-state index contributed by atoms with van der Waals surface area (Å²) in [5, 5.41) is 9.53. The van der Waals surface area contributed by atoms with Crippen LogP contribution in [0.25, 0.3) is 0 Å². The minimum Gasteiger partial charge on any atom is -0.494 e. The number of thioether (sulfide) groups is 1. The zero-order valence-electron chi connectivity index (χ0n) is 12.2. The topological polar surface area (TPSA) is 111 Å². The van der Waals surface area contributed by atoms with Crippen LogP contribution in [0.1, 0.15) is 11.1 Å². The summed E-state index contributed by atoms with van der Waals surface area (Å²) in [5.41, 5.74) is -2.80. The molecule has 3 N–H and O–H groups in total. The van der Waals surface area contributed by atoms with E-state index in [1.54, 1.807) is 0 Å². The zero-order chi connectivity index (χ0) is 18.6. The van der Waals surface area contributed by atoms with Crippen molar-refractivity contribution < 1.29 is 18.3 Å². The molecular formula is C13H10ClF3N4O3S. The number of alkyl halides is 3. The Morgan fingerprint density at radius 1 is 1.36 bits per heavy atom. The average molecular weight is 395 g/mol. The molecule has 134 valence electrons. The van der Waals surface area contributed by atoms with Crippen LogP contribution in [0.5, 0.6) is 5.88 Å². The summed E-state index contributed by atoms with van der Waals surface area (Å²) in [5.74, 6) is -0.297. The fraction of sp³-hybridized carbons (Fsp3) is 0.231. The number of H-pyrrole nitrogens is 2. The number of aliphatic imine (C=N–C) groups is 1. The molecular weight excluding hydrogens is 385 g/mol. The molecule has 0 aliphatic carbocycles. The monoisotopic (exact) mass is 394 g/mol. The molecule has 2 aromatic rings. The number of pyridine rings is 1. The molecule has 25 heavy (non-hydrogen) atoms. The van der Waals surface area contributed by atoms with E-state index in [0.717, 1.165) is 24.0 Å². The Hall–Kier alpha value is -2.27. The zero-order valence-corrected chi connectivity index (χ0v) is 13.8. The lowest BCUT2D eigenvalue weighted by atomic mass is 10.3. The quantitative estimate of drug-likeness (QED) is 0.408. The predicted molar refractivity (Wildman–Crippen MR) is 86.8 cm³/mol. The maximum absolute atomic E-state index is 12.5. The first-order valence-electron chi connectivity index (χ1n) is 6.59. The third kappa shape index (κ3) is 5.10. The van der Waals surface area contributed by atoms with E-state index < -0.39 is 28.9 Å². The molecule has 0 atom stereocenters. The maximum atomic E-state index is 12.5. The van der Waals surface area contributed by atoms with Gasteiger partial charge in [0.25, 0.3) is 5.56 Å². The highest BCUT2D eigenvalue weighted by Gasteiger charge is 2.31. The highest BCUT2D eigenvalue weighted by Crippen LogP contribution is 2.33. The van der Waals surface area contributed by atoms with Crippen molar-refractivity contribution in [1.29, 1.82) is 0 Å². The summed E-state index contributed by atoms with van der Waals surface area (Å²) in [7, 11) is 0. The normalized spacial score (nSPS) is 12.0. The van der Waals surface area contributed by atoms with Gasteiger partial charge in [0, 0.05) is 24.7 Å². The summed E-state index contributed by atoms with van der Waals surface area (Å²) in [6.45, 7) is 0.168. The van der Waals surface area contributed by atoms with E-state index in [4.69, 9.17) is 11.6 Å². The van der Waals surface area contributed by atoms with Gasteiger partial charge in [0.05, 0.1) is 10.6 Å². The van der Waals surface area contributed by atoms with E-state index in [1.807, 2.05) is 9.97 Å². The summed E-state index contributed by atoms with van der Waals surface area (Å²) >= 11 is 6.85. The van der Waals surface area contributed by atoms with Crippen LogP contribution >= 0.6 is 23.4 Å². The van der Waals surface area contributed by atoms with Gasteiger partial charge < -0.3 is 5.11 Å². The molecule has 0 radical (unpaired) electrons. The van der Waals surface area contributed by atoms with Crippen LogP contribution in [0.2, 0.25) is 5.02 Å². The van der Waals surface area contributed by atoms with Gasteiger partial charge in [-0.15, -0.1) is 11.8 Å². The molecule has 12 heteroatoms. The van der Waals surface area contributed by atoms with Crippen LogP contribution < -0.4 is 11.2 Å². The SMILES string of the molecule is O=c1[nH]c(O)c(C=NCCSc2ncc(C(F)(F)F)cc2Cl)c(=O)[nH]1.